The highest BCUT2D eigenvalue weighted by molar-refractivity contribution is 6.29. The Hall–Kier alpha value is -3.64. The molecular weight excluding hydrogens is 366 g/mol. The number of benzene rings is 2. The molecule has 0 spiro atoms. The molecule has 0 radical (unpaired) electrons. The van der Waals surface area contributed by atoms with Crippen LogP contribution >= 0.6 is 0 Å². The molecule has 2 heterocycles. The zero-order chi connectivity index (χ0) is 20.2. The van der Waals surface area contributed by atoms with E-state index in [0.717, 1.165) is 16.2 Å². The summed E-state index contributed by atoms with van der Waals surface area (Å²) in [5.74, 6) is 0.540. The van der Waals surface area contributed by atoms with Crippen LogP contribution in [0.2, 0.25) is 0 Å². The molecule has 1 amide bonds. The number of carbonyl (C=O) groups is 1. The number of ether oxygens (including phenoxy) is 1. The van der Waals surface area contributed by atoms with Crippen molar-refractivity contribution in [2.75, 3.05) is 18.5 Å². The highest BCUT2D eigenvalue weighted by Crippen LogP contribution is 2.33. The molecule has 1 aliphatic heterocycles. The van der Waals surface area contributed by atoms with Gasteiger partial charge < -0.3 is 9.64 Å². The number of nitrogens with zero attached hydrogens (tertiary/aromatic N) is 3. The summed E-state index contributed by atoms with van der Waals surface area (Å²) in [6, 6.07) is 20.9. The molecule has 29 heavy (non-hydrogen) atoms. The van der Waals surface area contributed by atoms with Gasteiger partial charge in [0.05, 0.1) is 29.7 Å². The molecule has 0 aliphatic carbocycles. The predicted molar refractivity (Wildman–Crippen MR) is 110 cm³/mol. The van der Waals surface area contributed by atoms with Crippen LogP contribution in [-0.4, -0.2) is 34.8 Å². The molecule has 0 saturated carbocycles. The Balaban J connectivity index is 1.55. The van der Waals surface area contributed by atoms with E-state index in [1.807, 2.05) is 60.7 Å². The Kier molecular flexibility index (Phi) is 5.27. The molecule has 4 rings (SSSR count). The first kappa shape index (κ1) is 18.7. The van der Waals surface area contributed by atoms with Crippen molar-refractivity contribution in [1.82, 2.24) is 10.0 Å². The van der Waals surface area contributed by atoms with Crippen molar-refractivity contribution >= 4 is 17.2 Å². The average Bonchev–Trinajstić information content (AvgIpc) is 3.11. The predicted octanol–water partition coefficient (Wildman–Crippen LogP) is 3.74. The maximum Gasteiger partial charge on any atom is 0.261 e. The van der Waals surface area contributed by atoms with Crippen molar-refractivity contribution in [2.45, 2.75) is 6.61 Å². The van der Waals surface area contributed by atoms with Gasteiger partial charge >= 0.3 is 0 Å². The number of likely N-dealkylation sites (N-methyl/N-ethyl adjacent to an activating group) is 1. The molecule has 6 heteroatoms. The Labute approximate surface area is 169 Å². The highest BCUT2D eigenvalue weighted by Gasteiger charge is 2.34. The second-order valence-electron chi connectivity index (χ2n) is 6.75. The first-order valence-electron chi connectivity index (χ1n) is 9.28. The van der Waals surface area contributed by atoms with E-state index in [1.54, 1.807) is 23.4 Å². The lowest BCUT2D eigenvalue weighted by molar-refractivity contribution is -0.112. The monoisotopic (exact) mass is 387 g/mol. The normalized spacial score (nSPS) is 13.7. The molecule has 0 saturated heterocycles. The number of hydroxylamine groups is 2. The van der Waals surface area contributed by atoms with E-state index in [2.05, 4.69) is 4.98 Å². The van der Waals surface area contributed by atoms with E-state index in [4.69, 9.17) is 4.74 Å². The van der Waals surface area contributed by atoms with Gasteiger partial charge in [0.15, 0.2) is 0 Å². The lowest BCUT2D eigenvalue weighted by Gasteiger charge is -2.17. The number of pyridine rings is 1. The van der Waals surface area contributed by atoms with E-state index in [1.165, 1.54) is 7.05 Å². The molecule has 6 nitrogen and oxygen atoms in total. The van der Waals surface area contributed by atoms with E-state index in [9.17, 15) is 10.0 Å². The molecule has 0 fully saturated rings. The lowest BCUT2D eigenvalue weighted by atomic mass is 10.0. The Morgan fingerprint density at radius 2 is 1.83 bits per heavy atom. The van der Waals surface area contributed by atoms with Crippen LogP contribution < -0.4 is 9.64 Å². The van der Waals surface area contributed by atoms with Crippen LogP contribution in [0.3, 0.4) is 0 Å². The van der Waals surface area contributed by atoms with Gasteiger partial charge in [-0.3, -0.25) is 20.0 Å². The minimum atomic E-state index is -0.174. The smallest absolute Gasteiger partial charge is 0.261 e. The number of hydrogen-bond donors (Lipinski definition) is 1. The minimum absolute atomic E-state index is 0.174. The summed E-state index contributed by atoms with van der Waals surface area (Å²) in [5, 5.41) is 11.1. The number of hydrogen-bond acceptors (Lipinski definition) is 5. The Bertz CT molecular complexity index is 1020. The summed E-state index contributed by atoms with van der Waals surface area (Å²) >= 11 is 0. The van der Waals surface area contributed by atoms with Crippen LogP contribution in [0, 0.1) is 0 Å². The van der Waals surface area contributed by atoms with Crippen molar-refractivity contribution in [1.29, 1.82) is 0 Å². The van der Waals surface area contributed by atoms with Gasteiger partial charge in [0, 0.05) is 13.2 Å². The van der Waals surface area contributed by atoms with Gasteiger partial charge in [-0.25, -0.2) is 0 Å². The maximum absolute atomic E-state index is 13.1. The SMILES string of the molecule is CN(O)C1=C(c2ccc(OCc3ccccc3)cc2)C(=O)N(c2cccnc2)C1. The van der Waals surface area contributed by atoms with Crippen molar-refractivity contribution in [3.05, 3.63) is 95.9 Å². The Morgan fingerprint density at radius 1 is 1.07 bits per heavy atom. The van der Waals surface area contributed by atoms with E-state index in [0.29, 0.717) is 29.3 Å². The van der Waals surface area contributed by atoms with Gasteiger partial charge in [0.25, 0.3) is 5.91 Å². The standard InChI is InChI=1S/C23H21N3O3/c1-25(28)21-15-26(19-8-5-13-24-14-19)23(27)22(21)18-9-11-20(12-10-18)29-16-17-6-3-2-4-7-17/h2-14,28H,15-16H2,1H3. The fourth-order valence-corrected chi connectivity index (χ4v) is 3.29. The third-order valence-corrected chi connectivity index (χ3v) is 4.80. The largest absolute Gasteiger partial charge is 0.489 e. The summed E-state index contributed by atoms with van der Waals surface area (Å²) in [4.78, 5) is 18.8. The molecule has 1 N–H and O–H groups in total. The number of anilines is 1. The summed E-state index contributed by atoms with van der Waals surface area (Å²) in [6.07, 6.45) is 3.29. The van der Waals surface area contributed by atoms with Gasteiger partial charge in [-0.1, -0.05) is 42.5 Å². The topological polar surface area (TPSA) is 65.9 Å². The quantitative estimate of drug-likeness (QED) is 0.653. The summed E-state index contributed by atoms with van der Waals surface area (Å²) in [6.45, 7) is 0.750. The van der Waals surface area contributed by atoms with Crippen LogP contribution in [-0.2, 0) is 11.4 Å². The fraction of sp³-hybridized carbons (Fsp3) is 0.130. The van der Waals surface area contributed by atoms with Crippen LogP contribution in [0.4, 0.5) is 5.69 Å². The van der Waals surface area contributed by atoms with Crippen LogP contribution in [0.15, 0.2) is 84.8 Å². The molecular formula is C23H21N3O3. The molecule has 0 unspecified atom stereocenters. The van der Waals surface area contributed by atoms with Gasteiger partial charge in [-0.15, -0.1) is 0 Å². The minimum Gasteiger partial charge on any atom is -0.489 e. The molecule has 1 aliphatic rings. The maximum atomic E-state index is 13.1. The molecule has 146 valence electrons. The van der Waals surface area contributed by atoms with Crippen LogP contribution in [0.5, 0.6) is 5.75 Å². The highest BCUT2D eigenvalue weighted by atomic mass is 16.5. The molecule has 0 atom stereocenters. The van der Waals surface area contributed by atoms with Crippen LogP contribution in [0.1, 0.15) is 11.1 Å². The average molecular weight is 387 g/mol. The fourth-order valence-electron chi connectivity index (χ4n) is 3.29. The number of carbonyl (C=O) groups excluding carboxylic acids is 1. The number of amides is 1. The zero-order valence-corrected chi connectivity index (χ0v) is 16.0. The number of rotatable bonds is 6. The first-order chi connectivity index (χ1) is 14.1. The van der Waals surface area contributed by atoms with Gasteiger partial charge in [-0.05, 0) is 35.4 Å². The van der Waals surface area contributed by atoms with Crippen LogP contribution in [0.25, 0.3) is 5.57 Å². The molecule has 1 aromatic heterocycles. The zero-order valence-electron chi connectivity index (χ0n) is 16.0. The molecule has 3 aromatic rings. The summed E-state index contributed by atoms with van der Waals surface area (Å²) < 4.78 is 5.82. The van der Waals surface area contributed by atoms with Crippen molar-refractivity contribution < 1.29 is 14.7 Å². The summed E-state index contributed by atoms with van der Waals surface area (Å²) in [7, 11) is 1.52. The summed E-state index contributed by atoms with van der Waals surface area (Å²) in [5.41, 5.74) is 3.51. The second-order valence-corrected chi connectivity index (χ2v) is 6.75. The molecule has 2 aromatic carbocycles. The van der Waals surface area contributed by atoms with E-state index < -0.39 is 0 Å². The third kappa shape index (κ3) is 3.97. The van der Waals surface area contributed by atoms with Gasteiger partial charge in [-0.2, -0.15) is 0 Å². The van der Waals surface area contributed by atoms with Crippen molar-refractivity contribution in [3.63, 3.8) is 0 Å². The Morgan fingerprint density at radius 3 is 2.48 bits per heavy atom. The van der Waals surface area contributed by atoms with E-state index in [-0.39, 0.29) is 12.5 Å². The van der Waals surface area contributed by atoms with Crippen molar-refractivity contribution in [3.8, 4) is 5.75 Å². The lowest BCUT2D eigenvalue weighted by Crippen LogP contribution is -2.27. The van der Waals surface area contributed by atoms with E-state index >= 15 is 0 Å². The van der Waals surface area contributed by atoms with Gasteiger partial charge in [0.1, 0.15) is 12.4 Å². The molecule has 0 bridgehead atoms. The number of aromatic nitrogens is 1. The van der Waals surface area contributed by atoms with Gasteiger partial charge in [0.2, 0.25) is 0 Å². The first-order valence-corrected chi connectivity index (χ1v) is 9.28. The second kappa shape index (κ2) is 8.16. The van der Waals surface area contributed by atoms with Crippen molar-refractivity contribution in [2.24, 2.45) is 0 Å². The third-order valence-electron chi connectivity index (χ3n) is 4.80.